The maximum absolute atomic E-state index is 14.2. The van der Waals surface area contributed by atoms with Gasteiger partial charge in [0.05, 0.1) is 11.0 Å². The molecule has 0 radical (unpaired) electrons. The maximum atomic E-state index is 14.2. The Morgan fingerprint density at radius 2 is 2.00 bits per heavy atom. The fourth-order valence-electron chi connectivity index (χ4n) is 6.00. The molecule has 200 valence electrons. The second kappa shape index (κ2) is 9.07. The van der Waals surface area contributed by atoms with Crippen molar-refractivity contribution in [2.45, 2.75) is 56.4 Å². The summed E-state index contributed by atoms with van der Waals surface area (Å²) in [5, 5.41) is 8.15. The number of nitrogens with one attached hydrogen (secondary N) is 1. The summed E-state index contributed by atoms with van der Waals surface area (Å²) in [5.74, 6) is 0.793. The molecule has 1 saturated carbocycles. The number of piperidine rings is 1. The van der Waals surface area contributed by atoms with Gasteiger partial charge in [0.1, 0.15) is 23.8 Å². The lowest BCUT2D eigenvalue weighted by Crippen LogP contribution is -2.38. The number of hydrogen-bond donors (Lipinski definition) is 1. The third-order valence-corrected chi connectivity index (χ3v) is 8.03. The van der Waals surface area contributed by atoms with E-state index >= 15 is 0 Å². The number of nitrogens with zero attached hydrogens (tertiary/aromatic N) is 5. The largest absolute Gasteiger partial charge is 0.418 e. The highest BCUT2D eigenvalue weighted by Gasteiger charge is 2.44. The first-order chi connectivity index (χ1) is 18.2. The van der Waals surface area contributed by atoms with Crippen molar-refractivity contribution in [1.29, 1.82) is 0 Å². The summed E-state index contributed by atoms with van der Waals surface area (Å²) in [6.45, 7) is 1.14. The van der Waals surface area contributed by atoms with Crippen LogP contribution in [0.2, 0.25) is 0 Å². The van der Waals surface area contributed by atoms with Crippen LogP contribution >= 0.6 is 0 Å². The SMILES string of the molecule is Cn1cnnc1C1(c2cccc(-n3cc(C(F)(F)F)c4cc(CN5CCC[C@@H](F)C5)[nH]c4c3=O)c2)CCC1. The van der Waals surface area contributed by atoms with Gasteiger partial charge in [-0.3, -0.25) is 14.3 Å². The third-order valence-electron chi connectivity index (χ3n) is 8.03. The van der Waals surface area contributed by atoms with E-state index in [1.54, 1.807) is 24.5 Å². The Balaban J connectivity index is 1.45. The molecule has 7 nitrogen and oxygen atoms in total. The molecule has 1 atom stereocenters. The first-order valence-electron chi connectivity index (χ1n) is 12.8. The summed E-state index contributed by atoms with van der Waals surface area (Å²) >= 11 is 0. The number of H-pyrrole nitrogens is 1. The lowest BCUT2D eigenvalue weighted by Gasteiger charge is -2.41. The molecule has 1 saturated heterocycles. The standard InChI is InChI=1S/C27H28F4N6O/c1-35-16-32-34-25(35)26(8-4-9-26)17-5-2-7-20(11-17)37-15-22(27(29,30)31)21-12-19(33-23(21)24(37)38)14-36-10-3-6-18(28)13-36/h2,5,7,11-12,15-16,18,33H,3-4,6,8-10,13-14H2,1H3/t18-/m1/s1. The highest BCUT2D eigenvalue weighted by Crippen LogP contribution is 2.48. The van der Waals surface area contributed by atoms with Crippen molar-refractivity contribution in [3.63, 3.8) is 0 Å². The van der Waals surface area contributed by atoms with Crippen LogP contribution in [0, 0.1) is 0 Å². The lowest BCUT2D eigenvalue weighted by molar-refractivity contribution is -0.136. The molecule has 3 aromatic heterocycles. The molecule has 4 heterocycles. The molecule has 1 N–H and O–H groups in total. The van der Waals surface area contributed by atoms with Crippen molar-refractivity contribution >= 4 is 10.9 Å². The van der Waals surface area contributed by atoms with Gasteiger partial charge in [-0.1, -0.05) is 18.6 Å². The molecule has 0 unspecified atom stereocenters. The fraction of sp³-hybridized carbons (Fsp3) is 0.444. The molecule has 1 aliphatic carbocycles. The van der Waals surface area contributed by atoms with Gasteiger partial charge in [-0.05, 0) is 56.0 Å². The molecule has 1 aromatic carbocycles. The van der Waals surface area contributed by atoms with Crippen LogP contribution in [0.4, 0.5) is 17.6 Å². The highest BCUT2D eigenvalue weighted by atomic mass is 19.4. The number of pyridine rings is 1. The van der Waals surface area contributed by atoms with Crippen LogP contribution in [-0.2, 0) is 25.2 Å². The first-order valence-corrected chi connectivity index (χ1v) is 12.8. The van der Waals surface area contributed by atoms with Crippen molar-refractivity contribution in [3.8, 4) is 5.69 Å². The Labute approximate surface area is 216 Å². The van der Waals surface area contributed by atoms with Crippen LogP contribution in [0.15, 0.2) is 47.7 Å². The van der Waals surface area contributed by atoms with Crippen molar-refractivity contribution in [2.24, 2.45) is 7.05 Å². The second-order valence-electron chi connectivity index (χ2n) is 10.5. The summed E-state index contributed by atoms with van der Waals surface area (Å²) in [7, 11) is 1.87. The number of fused-ring (bicyclic) bond motifs is 1. The molecule has 6 rings (SSSR count). The fourth-order valence-corrected chi connectivity index (χ4v) is 6.00. The van der Waals surface area contributed by atoms with E-state index in [0.29, 0.717) is 30.8 Å². The number of aryl methyl sites for hydroxylation is 1. The molecular formula is C27H28F4N6O. The molecule has 38 heavy (non-hydrogen) atoms. The summed E-state index contributed by atoms with van der Waals surface area (Å²) in [5.41, 5.74) is -0.283. The quantitative estimate of drug-likeness (QED) is 0.375. The predicted octanol–water partition coefficient (Wildman–Crippen LogP) is 4.87. The minimum atomic E-state index is -4.67. The summed E-state index contributed by atoms with van der Waals surface area (Å²) in [6, 6.07) is 8.47. The smallest absolute Gasteiger partial charge is 0.353 e. The van der Waals surface area contributed by atoms with Crippen molar-refractivity contribution in [1.82, 2.24) is 29.2 Å². The van der Waals surface area contributed by atoms with E-state index in [1.807, 2.05) is 22.6 Å². The Morgan fingerprint density at radius 3 is 2.66 bits per heavy atom. The van der Waals surface area contributed by atoms with Gasteiger partial charge >= 0.3 is 6.18 Å². The molecular weight excluding hydrogens is 500 g/mol. The van der Waals surface area contributed by atoms with Gasteiger partial charge in [-0.25, -0.2) is 4.39 Å². The Bertz CT molecular complexity index is 1550. The molecule has 0 spiro atoms. The monoisotopic (exact) mass is 528 g/mol. The van der Waals surface area contributed by atoms with E-state index < -0.39 is 28.9 Å². The van der Waals surface area contributed by atoms with E-state index in [4.69, 9.17) is 0 Å². The molecule has 2 aliphatic rings. The number of aromatic nitrogens is 5. The van der Waals surface area contributed by atoms with E-state index in [0.717, 1.165) is 41.4 Å². The predicted molar refractivity (Wildman–Crippen MR) is 134 cm³/mol. The summed E-state index contributed by atoms with van der Waals surface area (Å²) in [6.07, 6.45) is 0.729. The van der Waals surface area contributed by atoms with E-state index in [9.17, 15) is 22.4 Å². The Hall–Kier alpha value is -3.47. The van der Waals surface area contributed by atoms with Crippen LogP contribution in [0.1, 0.15) is 54.7 Å². The Morgan fingerprint density at radius 1 is 1.18 bits per heavy atom. The number of rotatable bonds is 5. The van der Waals surface area contributed by atoms with Crippen LogP contribution in [-0.4, -0.2) is 48.5 Å². The number of aromatic amines is 1. The number of hydrogen-bond acceptors (Lipinski definition) is 4. The van der Waals surface area contributed by atoms with Crippen LogP contribution in [0.25, 0.3) is 16.6 Å². The van der Waals surface area contributed by atoms with Gasteiger partial charge in [0.15, 0.2) is 0 Å². The van der Waals surface area contributed by atoms with Crippen molar-refractivity contribution < 1.29 is 17.6 Å². The molecule has 0 bridgehead atoms. The minimum absolute atomic E-state index is 0.110. The average molecular weight is 529 g/mol. The highest BCUT2D eigenvalue weighted by molar-refractivity contribution is 5.84. The zero-order valence-electron chi connectivity index (χ0n) is 20.9. The van der Waals surface area contributed by atoms with E-state index in [2.05, 4.69) is 15.2 Å². The lowest BCUT2D eigenvalue weighted by atomic mass is 9.63. The maximum Gasteiger partial charge on any atom is 0.418 e. The summed E-state index contributed by atoms with van der Waals surface area (Å²) in [4.78, 5) is 18.3. The number of benzene rings is 1. The number of halogens is 4. The van der Waals surface area contributed by atoms with Crippen LogP contribution in [0.5, 0.6) is 0 Å². The number of alkyl halides is 4. The molecule has 4 aromatic rings. The zero-order chi connectivity index (χ0) is 26.7. The van der Waals surface area contributed by atoms with Crippen LogP contribution in [0.3, 0.4) is 0 Å². The van der Waals surface area contributed by atoms with Crippen LogP contribution < -0.4 is 5.56 Å². The van der Waals surface area contributed by atoms with Gasteiger partial charge in [0, 0.05) is 43.1 Å². The molecule has 0 amide bonds. The molecule has 1 aliphatic heterocycles. The Kier molecular flexibility index (Phi) is 5.93. The average Bonchev–Trinajstić information content (AvgIpc) is 3.45. The van der Waals surface area contributed by atoms with Gasteiger partial charge in [0.25, 0.3) is 5.56 Å². The normalized spacial score (nSPS) is 20.1. The summed E-state index contributed by atoms with van der Waals surface area (Å²) < 4.78 is 59.4. The minimum Gasteiger partial charge on any atom is -0.353 e. The molecule has 2 fully saturated rings. The zero-order valence-corrected chi connectivity index (χ0v) is 20.9. The topological polar surface area (TPSA) is 71.7 Å². The van der Waals surface area contributed by atoms with Gasteiger partial charge in [0.2, 0.25) is 0 Å². The van der Waals surface area contributed by atoms with Gasteiger partial charge < -0.3 is 9.55 Å². The first kappa shape index (κ1) is 24.8. The molecule has 11 heteroatoms. The van der Waals surface area contributed by atoms with E-state index in [1.165, 1.54) is 6.07 Å². The van der Waals surface area contributed by atoms with Crippen molar-refractivity contribution in [3.05, 3.63) is 75.9 Å². The van der Waals surface area contributed by atoms with E-state index in [-0.39, 0.29) is 24.0 Å². The number of likely N-dealkylation sites (tertiary alicyclic amines) is 1. The third kappa shape index (κ3) is 4.13. The van der Waals surface area contributed by atoms with Gasteiger partial charge in [-0.15, -0.1) is 10.2 Å². The second-order valence-corrected chi connectivity index (χ2v) is 10.5. The van der Waals surface area contributed by atoms with Gasteiger partial charge in [-0.2, -0.15) is 13.2 Å². The van der Waals surface area contributed by atoms with Crippen molar-refractivity contribution in [2.75, 3.05) is 13.1 Å².